The summed E-state index contributed by atoms with van der Waals surface area (Å²) in [4.78, 5) is 14.6. The summed E-state index contributed by atoms with van der Waals surface area (Å²) < 4.78 is 0. The Labute approximate surface area is 131 Å². The van der Waals surface area contributed by atoms with E-state index < -0.39 is 0 Å². The van der Waals surface area contributed by atoms with Crippen molar-refractivity contribution < 1.29 is 4.79 Å². The van der Waals surface area contributed by atoms with Crippen LogP contribution in [-0.4, -0.2) is 29.9 Å². The van der Waals surface area contributed by atoms with E-state index in [1.807, 2.05) is 24.0 Å². The molecule has 2 atom stereocenters. The van der Waals surface area contributed by atoms with Crippen LogP contribution in [0.4, 0.5) is 0 Å². The first-order valence-electron chi connectivity index (χ1n) is 6.81. The van der Waals surface area contributed by atoms with Crippen LogP contribution < -0.4 is 5.73 Å². The molecule has 2 unspecified atom stereocenters. The highest BCUT2D eigenvalue weighted by molar-refractivity contribution is 6.31. The zero-order valence-corrected chi connectivity index (χ0v) is 13.5. The third-order valence-electron chi connectivity index (χ3n) is 4.05. The van der Waals surface area contributed by atoms with Crippen LogP contribution in [0.15, 0.2) is 18.2 Å². The first-order chi connectivity index (χ1) is 9.04. The number of benzene rings is 1. The highest BCUT2D eigenvalue weighted by Crippen LogP contribution is 2.26. The molecular formula is C15H22Cl2N2O. The number of nitrogens with two attached hydrogens (primary N) is 1. The van der Waals surface area contributed by atoms with Gasteiger partial charge in [-0.05, 0) is 43.4 Å². The predicted molar refractivity (Wildman–Crippen MR) is 85.7 cm³/mol. The second-order valence-corrected chi connectivity index (χ2v) is 5.82. The third kappa shape index (κ3) is 3.46. The van der Waals surface area contributed by atoms with Crippen LogP contribution >= 0.6 is 24.0 Å². The van der Waals surface area contributed by atoms with E-state index in [9.17, 15) is 4.79 Å². The fourth-order valence-corrected chi connectivity index (χ4v) is 3.01. The van der Waals surface area contributed by atoms with E-state index in [-0.39, 0.29) is 24.4 Å². The summed E-state index contributed by atoms with van der Waals surface area (Å²) in [6.07, 6.45) is 2.18. The van der Waals surface area contributed by atoms with E-state index in [0.717, 1.165) is 24.9 Å². The van der Waals surface area contributed by atoms with Gasteiger partial charge in [0.15, 0.2) is 0 Å². The highest BCUT2D eigenvalue weighted by atomic mass is 35.5. The molecule has 5 heteroatoms. The van der Waals surface area contributed by atoms with Crippen LogP contribution in [0.1, 0.15) is 35.7 Å². The number of rotatable bonds is 2. The van der Waals surface area contributed by atoms with Crippen LogP contribution in [-0.2, 0) is 0 Å². The van der Waals surface area contributed by atoms with Gasteiger partial charge in [0.05, 0.1) is 0 Å². The molecule has 3 nitrogen and oxygen atoms in total. The number of hydrogen-bond donors (Lipinski definition) is 1. The van der Waals surface area contributed by atoms with Crippen molar-refractivity contribution in [3.63, 3.8) is 0 Å². The van der Waals surface area contributed by atoms with E-state index in [4.69, 9.17) is 17.3 Å². The Morgan fingerprint density at radius 2 is 2.20 bits per heavy atom. The Morgan fingerprint density at radius 3 is 2.85 bits per heavy atom. The number of amides is 1. The molecule has 112 valence electrons. The van der Waals surface area contributed by atoms with Gasteiger partial charge in [0.1, 0.15) is 0 Å². The van der Waals surface area contributed by atoms with Gasteiger partial charge in [0.2, 0.25) is 0 Å². The smallest absolute Gasteiger partial charge is 0.254 e. The summed E-state index contributed by atoms with van der Waals surface area (Å²) >= 11 is 6.00. The number of carbonyl (C=O) groups is 1. The normalized spacial score (nSPS) is 22.3. The third-order valence-corrected chi connectivity index (χ3v) is 4.28. The largest absolute Gasteiger partial charge is 0.334 e. The molecule has 0 saturated carbocycles. The number of likely N-dealkylation sites (tertiary alicyclic amines) is 1. The van der Waals surface area contributed by atoms with E-state index >= 15 is 0 Å². The summed E-state index contributed by atoms with van der Waals surface area (Å²) in [5.41, 5.74) is 7.50. The molecule has 2 rings (SSSR count). The summed E-state index contributed by atoms with van der Waals surface area (Å²) in [6.45, 7) is 5.42. The molecule has 1 aromatic rings. The molecule has 1 aliphatic heterocycles. The second kappa shape index (κ2) is 7.30. The van der Waals surface area contributed by atoms with Crippen LogP contribution in [0.5, 0.6) is 0 Å². The predicted octanol–water partition coefficient (Wildman–Crippen LogP) is 3.27. The maximum atomic E-state index is 12.7. The Hall–Kier alpha value is -0.770. The van der Waals surface area contributed by atoms with E-state index in [1.165, 1.54) is 0 Å². The Bertz CT molecular complexity index is 479. The van der Waals surface area contributed by atoms with Crippen molar-refractivity contribution in [1.82, 2.24) is 4.90 Å². The van der Waals surface area contributed by atoms with Gasteiger partial charge in [-0.3, -0.25) is 4.79 Å². The number of carbonyl (C=O) groups excluding carboxylic acids is 1. The van der Waals surface area contributed by atoms with Crippen LogP contribution in [0.25, 0.3) is 0 Å². The molecule has 1 heterocycles. The summed E-state index contributed by atoms with van der Waals surface area (Å²) in [5.74, 6) is 0.518. The fourth-order valence-electron chi connectivity index (χ4n) is 2.84. The molecule has 0 radical (unpaired) electrons. The van der Waals surface area contributed by atoms with Crippen molar-refractivity contribution in [1.29, 1.82) is 0 Å². The van der Waals surface area contributed by atoms with Crippen molar-refractivity contribution in [2.24, 2.45) is 11.7 Å². The number of halogens is 2. The standard InChI is InChI=1S/C15H21ClN2O.ClH/c1-10-5-6-12(16)8-13(10)15(19)18-7-3-4-11(2)14(18)9-17;/h5-6,8,11,14H,3-4,7,9,17H2,1-2H3;1H. The maximum Gasteiger partial charge on any atom is 0.254 e. The van der Waals surface area contributed by atoms with Crippen molar-refractivity contribution in [2.45, 2.75) is 32.7 Å². The Balaban J connectivity index is 0.00000200. The van der Waals surface area contributed by atoms with Crippen molar-refractivity contribution in [2.75, 3.05) is 13.1 Å². The maximum absolute atomic E-state index is 12.7. The first-order valence-corrected chi connectivity index (χ1v) is 7.19. The lowest BCUT2D eigenvalue weighted by Crippen LogP contribution is -2.51. The zero-order valence-electron chi connectivity index (χ0n) is 11.9. The number of aryl methyl sites for hydroxylation is 1. The Morgan fingerprint density at radius 1 is 1.50 bits per heavy atom. The van der Waals surface area contributed by atoms with Gasteiger partial charge < -0.3 is 10.6 Å². The minimum atomic E-state index is 0. The van der Waals surface area contributed by atoms with Gasteiger partial charge in [0.25, 0.3) is 5.91 Å². The number of piperidine rings is 1. The van der Waals surface area contributed by atoms with Crippen molar-refractivity contribution >= 4 is 29.9 Å². The Kier molecular flexibility index (Phi) is 6.31. The summed E-state index contributed by atoms with van der Waals surface area (Å²) in [6, 6.07) is 5.60. The van der Waals surface area contributed by atoms with Gasteiger partial charge in [-0.2, -0.15) is 0 Å². The lowest BCUT2D eigenvalue weighted by Gasteiger charge is -2.39. The van der Waals surface area contributed by atoms with Crippen LogP contribution in [0.3, 0.4) is 0 Å². The molecule has 1 fully saturated rings. The average Bonchev–Trinajstić information content (AvgIpc) is 2.40. The molecule has 0 spiro atoms. The monoisotopic (exact) mass is 316 g/mol. The zero-order chi connectivity index (χ0) is 14.0. The van der Waals surface area contributed by atoms with Gasteiger partial charge in [0, 0.05) is 29.7 Å². The van der Waals surface area contributed by atoms with E-state index in [0.29, 0.717) is 23.0 Å². The fraction of sp³-hybridized carbons (Fsp3) is 0.533. The van der Waals surface area contributed by atoms with Gasteiger partial charge in [-0.25, -0.2) is 0 Å². The molecule has 1 aliphatic rings. The van der Waals surface area contributed by atoms with Crippen LogP contribution in [0.2, 0.25) is 5.02 Å². The minimum absolute atomic E-state index is 0. The molecule has 1 saturated heterocycles. The molecule has 0 bridgehead atoms. The van der Waals surface area contributed by atoms with Crippen LogP contribution in [0, 0.1) is 12.8 Å². The van der Waals surface area contributed by atoms with Crippen molar-refractivity contribution in [3.8, 4) is 0 Å². The molecule has 20 heavy (non-hydrogen) atoms. The van der Waals surface area contributed by atoms with E-state index in [1.54, 1.807) is 6.07 Å². The molecular weight excluding hydrogens is 295 g/mol. The first kappa shape index (κ1) is 17.3. The van der Waals surface area contributed by atoms with E-state index in [2.05, 4.69) is 6.92 Å². The number of hydrogen-bond acceptors (Lipinski definition) is 2. The molecule has 0 aromatic heterocycles. The quantitative estimate of drug-likeness (QED) is 0.910. The van der Waals surface area contributed by atoms with Gasteiger partial charge in [-0.15, -0.1) is 12.4 Å². The van der Waals surface area contributed by atoms with Gasteiger partial charge >= 0.3 is 0 Å². The SMILES string of the molecule is Cc1ccc(Cl)cc1C(=O)N1CCCC(C)C1CN.Cl. The average molecular weight is 317 g/mol. The van der Waals surface area contributed by atoms with Crippen molar-refractivity contribution in [3.05, 3.63) is 34.3 Å². The lowest BCUT2D eigenvalue weighted by molar-refractivity contribution is 0.0532. The second-order valence-electron chi connectivity index (χ2n) is 5.38. The number of nitrogens with zero attached hydrogens (tertiary/aromatic N) is 1. The molecule has 1 amide bonds. The minimum Gasteiger partial charge on any atom is -0.334 e. The molecule has 1 aromatic carbocycles. The summed E-state index contributed by atoms with van der Waals surface area (Å²) in [7, 11) is 0. The molecule has 2 N–H and O–H groups in total. The molecule has 0 aliphatic carbocycles. The topological polar surface area (TPSA) is 46.3 Å². The van der Waals surface area contributed by atoms with Gasteiger partial charge in [-0.1, -0.05) is 24.6 Å². The lowest BCUT2D eigenvalue weighted by atomic mass is 9.90. The highest BCUT2D eigenvalue weighted by Gasteiger charge is 2.31. The summed E-state index contributed by atoms with van der Waals surface area (Å²) in [5, 5.41) is 0.600.